The zero-order valence-electron chi connectivity index (χ0n) is 18.1. The van der Waals surface area contributed by atoms with E-state index in [0.717, 1.165) is 11.3 Å². The van der Waals surface area contributed by atoms with Crippen LogP contribution in [0.4, 0.5) is 0 Å². The fourth-order valence-electron chi connectivity index (χ4n) is 4.25. The first-order chi connectivity index (χ1) is 15.9. The molecule has 4 rings (SSSR count). The van der Waals surface area contributed by atoms with Crippen molar-refractivity contribution in [2.45, 2.75) is 24.8 Å². The monoisotopic (exact) mass is 499 g/mol. The van der Waals surface area contributed by atoms with Gasteiger partial charge in [-0.15, -0.1) is 11.3 Å². The van der Waals surface area contributed by atoms with E-state index in [4.69, 9.17) is 27.9 Å². The molecule has 0 saturated heterocycles. The molecule has 0 bridgehead atoms. The predicted molar refractivity (Wildman–Crippen MR) is 134 cm³/mol. The van der Waals surface area contributed by atoms with E-state index >= 15 is 0 Å². The second-order valence-electron chi connectivity index (χ2n) is 7.90. The average Bonchev–Trinajstić information content (AvgIpc) is 3.33. The lowest BCUT2D eigenvalue weighted by atomic mass is 9.72. The van der Waals surface area contributed by atoms with Gasteiger partial charge in [0.15, 0.2) is 12.4 Å². The Hall–Kier alpha value is -2.60. The number of carbonyl (C=O) groups excluding carboxylic acids is 2. The van der Waals surface area contributed by atoms with Gasteiger partial charge in [0.1, 0.15) is 11.3 Å². The zero-order valence-corrected chi connectivity index (χ0v) is 20.4. The quantitative estimate of drug-likeness (QED) is 0.357. The average molecular weight is 500 g/mol. The van der Waals surface area contributed by atoms with Crippen LogP contribution in [0.3, 0.4) is 0 Å². The second-order valence-corrected chi connectivity index (χ2v) is 9.73. The van der Waals surface area contributed by atoms with Crippen LogP contribution in [0, 0.1) is 0 Å². The van der Waals surface area contributed by atoms with Gasteiger partial charge >= 0.3 is 0 Å². The fourth-order valence-corrected chi connectivity index (χ4v) is 5.35. The topological polar surface area (TPSA) is 46.6 Å². The summed E-state index contributed by atoms with van der Waals surface area (Å²) in [7, 11) is 1.66. The molecular weight excluding hydrogens is 477 g/mol. The molecule has 0 aliphatic heterocycles. The van der Waals surface area contributed by atoms with Crippen molar-refractivity contribution >= 4 is 52.3 Å². The smallest absolute Gasteiger partial charge is 0.261 e. The van der Waals surface area contributed by atoms with E-state index < -0.39 is 5.54 Å². The van der Waals surface area contributed by atoms with Crippen LogP contribution in [0.15, 0.2) is 71.6 Å². The van der Waals surface area contributed by atoms with Crippen molar-refractivity contribution in [3.05, 3.63) is 92.1 Å². The maximum atomic E-state index is 14.0. The summed E-state index contributed by atoms with van der Waals surface area (Å²) in [6.45, 7) is -0.207. The SMILES string of the molecule is CN(C(=O)COc1ccc(Cl)cc1)C1(c2ccccc2Cl)CCCC(=Cc2cccs2)C1=O. The molecule has 7 heteroatoms. The number of Topliss-reactive ketones (excluding diaryl/α,β-unsaturated/α-hetero) is 1. The minimum absolute atomic E-state index is 0.0995. The van der Waals surface area contributed by atoms with Crippen molar-refractivity contribution in [1.82, 2.24) is 4.90 Å². The van der Waals surface area contributed by atoms with Gasteiger partial charge in [-0.05, 0) is 72.7 Å². The Labute approximate surface area is 207 Å². The van der Waals surface area contributed by atoms with E-state index in [1.807, 2.05) is 41.8 Å². The molecule has 1 unspecified atom stereocenters. The van der Waals surface area contributed by atoms with Gasteiger partial charge in [0.2, 0.25) is 0 Å². The van der Waals surface area contributed by atoms with E-state index in [-0.39, 0.29) is 18.3 Å². The van der Waals surface area contributed by atoms with Crippen molar-refractivity contribution in [2.75, 3.05) is 13.7 Å². The van der Waals surface area contributed by atoms with Crippen LogP contribution < -0.4 is 4.74 Å². The van der Waals surface area contributed by atoms with Crippen LogP contribution in [-0.4, -0.2) is 30.2 Å². The summed E-state index contributed by atoms with van der Waals surface area (Å²) in [5.41, 5.74) is 0.137. The van der Waals surface area contributed by atoms with Crippen molar-refractivity contribution < 1.29 is 14.3 Å². The van der Waals surface area contributed by atoms with Gasteiger partial charge in [0.05, 0.1) is 0 Å². The third-order valence-corrected chi connectivity index (χ3v) is 7.35. The Morgan fingerprint density at radius 2 is 1.88 bits per heavy atom. The van der Waals surface area contributed by atoms with Crippen LogP contribution in [0.1, 0.15) is 29.7 Å². The van der Waals surface area contributed by atoms with Crippen LogP contribution in [0.2, 0.25) is 10.0 Å². The molecule has 1 amide bonds. The highest BCUT2D eigenvalue weighted by atomic mass is 35.5. The van der Waals surface area contributed by atoms with E-state index in [2.05, 4.69) is 0 Å². The molecular formula is C26H23Cl2NO3S. The Morgan fingerprint density at radius 3 is 2.58 bits per heavy atom. The number of thiophene rings is 1. The molecule has 1 fully saturated rings. The first-order valence-electron chi connectivity index (χ1n) is 10.6. The summed E-state index contributed by atoms with van der Waals surface area (Å²) >= 11 is 14.1. The first-order valence-corrected chi connectivity index (χ1v) is 12.2. The summed E-state index contributed by atoms with van der Waals surface area (Å²) in [5, 5.41) is 3.02. The Bertz CT molecular complexity index is 1170. The minimum atomic E-state index is -1.19. The van der Waals surface area contributed by atoms with Crippen molar-refractivity contribution in [1.29, 1.82) is 0 Å². The van der Waals surface area contributed by atoms with E-state index in [0.29, 0.717) is 39.8 Å². The Morgan fingerprint density at radius 1 is 1.12 bits per heavy atom. The molecule has 0 radical (unpaired) electrons. The van der Waals surface area contributed by atoms with Gasteiger partial charge in [0.25, 0.3) is 5.91 Å². The van der Waals surface area contributed by atoms with E-state index in [1.54, 1.807) is 48.7 Å². The lowest BCUT2D eigenvalue weighted by Crippen LogP contribution is -2.56. The number of halogens is 2. The molecule has 1 aliphatic rings. The largest absolute Gasteiger partial charge is 0.484 e. The van der Waals surface area contributed by atoms with Crippen LogP contribution in [0.25, 0.3) is 6.08 Å². The van der Waals surface area contributed by atoms with Gasteiger partial charge in [-0.3, -0.25) is 9.59 Å². The molecule has 4 nitrogen and oxygen atoms in total. The number of carbonyl (C=O) groups is 2. The molecule has 0 spiro atoms. The normalized spacial score (nSPS) is 19.5. The molecule has 33 heavy (non-hydrogen) atoms. The molecule has 1 aromatic heterocycles. The van der Waals surface area contributed by atoms with Crippen molar-refractivity contribution in [3.8, 4) is 5.75 Å². The van der Waals surface area contributed by atoms with E-state index in [9.17, 15) is 9.59 Å². The first kappa shape index (κ1) is 23.6. The predicted octanol–water partition coefficient (Wildman–Crippen LogP) is 6.62. The van der Waals surface area contributed by atoms with Gasteiger partial charge in [-0.2, -0.15) is 0 Å². The number of amides is 1. The number of rotatable bonds is 6. The third-order valence-electron chi connectivity index (χ3n) is 5.95. The van der Waals surface area contributed by atoms with Crippen molar-refractivity contribution in [3.63, 3.8) is 0 Å². The maximum absolute atomic E-state index is 14.0. The number of benzene rings is 2. The van der Waals surface area contributed by atoms with Crippen LogP contribution in [-0.2, 0) is 15.1 Å². The summed E-state index contributed by atoms with van der Waals surface area (Å²) < 4.78 is 5.69. The van der Waals surface area contributed by atoms with Crippen LogP contribution in [0.5, 0.6) is 5.75 Å². The third kappa shape index (κ3) is 4.86. The molecule has 1 saturated carbocycles. The van der Waals surface area contributed by atoms with E-state index in [1.165, 1.54) is 4.90 Å². The summed E-state index contributed by atoms with van der Waals surface area (Å²) in [5.74, 6) is 0.120. The molecule has 1 heterocycles. The van der Waals surface area contributed by atoms with Gasteiger partial charge in [-0.1, -0.05) is 47.5 Å². The molecule has 1 aliphatic carbocycles. The highest BCUT2D eigenvalue weighted by molar-refractivity contribution is 7.10. The molecule has 2 aromatic carbocycles. The lowest BCUT2D eigenvalue weighted by Gasteiger charge is -2.44. The second kappa shape index (κ2) is 10.1. The molecule has 170 valence electrons. The van der Waals surface area contributed by atoms with Crippen molar-refractivity contribution in [2.24, 2.45) is 0 Å². The Kier molecular flexibility index (Phi) is 7.23. The van der Waals surface area contributed by atoms with Crippen LogP contribution >= 0.6 is 34.5 Å². The number of nitrogens with zero attached hydrogens (tertiary/aromatic N) is 1. The minimum Gasteiger partial charge on any atom is -0.484 e. The number of hydrogen-bond donors (Lipinski definition) is 0. The fraction of sp³-hybridized carbons (Fsp3) is 0.231. The highest BCUT2D eigenvalue weighted by Crippen LogP contribution is 2.44. The van der Waals surface area contributed by atoms with Gasteiger partial charge in [0, 0.05) is 27.5 Å². The standard InChI is InChI=1S/C26H23Cl2NO3S/c1-29(24(30)17-32-20-12-10-19(27)11-13-20)26(22-8-2-3-9-23(22)28)14-4-6-18(25(26)31)16-21-7-5-15-33-21/h2-3,5,7-13,15-16H,4,6,14,17H2,1H3. The molecule has 1 atom stereocenters. The molecule has 3 aromatic rings. The van der Waals surface area contributed by atoms with Gasteiger partial charge < -0.3 is 9.64 Å². The number of ether oxygens (including phenoxy) is 1. The maximum Gasteiger partial charge on any atom is 0.261 e. The number of ketones is 1. The summed E-state index contributed by atoms with van der Waals surface area (Å²) in [6.07, 6.45) is 3.83. The number of likely N-dealkylation sites (N-methyl/N-ethyl adjacent to an activating group) is 1. The molecule has 0 N–H and O–H groups in total. The lowest BCUT2D eigenvalue weighted by molar-refractivity contribution is -0.147. The summed E-state index contributed by atoms with van der Waals surface area (Å²) in [6, 6.07) is 18.0. The zero-order chi connectivity index (χ0) is 23.4. The summed E-state index contributed by atoms with van der Waals surface area (Å²) in [4.78, 5) is 29.8. The Balaban J connectivity index is 1.68. The van der Waals surface area contributed by atoms with Gasteiger partial charge in [-0.25, -0.2) is 0 Å². The number of hydrogen-bond acceptors (Lipinski definition) is 4. The highest BCUT2D eigenvalue weighted by Gasteiger charge is 2.49.